The molecule has 0 aliphatic heterocycles. The monoisotopic (exact) mass is 341 g/mol. The zero-order valence-electron chi connectivity index (χ0n) is 14.9. The molecule has 132 valence electrons. The Morgan fingerprint density at radius 1 is 1.28 bits per heavy atom. The van der Waals surface area contributed by atoms with E-state index in [1.807, 2.05) is 61.3 Å². The minimum absolute atomic E-state index is 0.00302. The summed E-state index contributed by atoms with van der Waals surface area (Å²) >= 11 is 0. The van der Waals surface area contributed by atoms with Crippen molar-refractivity contribution in [3.05, 3.63) is 47.2 Å². The van der Waals surface area contributed by atoms with Crippen molar-refractivity contribution in [2.75, 3.05) is 0 Å². The Labute approximate surface area is 146 Å². The van der Waals surface area contributed by atoms with Crippen molar-refractivity contribution in [3.63, 3.8) is 0 Å². The highest BCUT2D eigenvalue weighted by Crippen LogP contribution is 2.14. The first kappa shape index (κ1) is 16.9. The van der Waals surface area contributed by atoms with Crippen LogP contribution in [0.2, 0.25) is 0 Å². The summed E-state index contributed by atoms with van der Waals surface area (Å²) in [6, 6.07) is 5.45. The van der Waals surface area contributed by atoms with E-state index in [2.05, 4.69) is 25.9 Å². The highest BCUT2D eigenvalue weighted by atomic mass is 16.2. The quantitative estimate of drug-likeness (QED) is 0.736. The second kappa shape index (κ2) is 6.92. The van der Waals surface area contributed by atoms with Gasteiger partial charge in [0.2, 0.25) is 0 Å². The van der Waals surface area contributed by atoms with Crippen molar-refractivity contribution in [1.82, 2.24) is 35.0 Å². The van der Waals surface area contributed by atoms with Crippen molar-refractivity contribution in [2.24, 2.45) is 7.05 Å². The normalized spacial score (nSPS) is 12.3. The Hall–Kier alpha value is -2.90. The van der Waals surface area contributed by atoms with Crippen LogP contribution >= 0.6 is 0 Å². The Bertz CT molecular complexity index is 896. The number of nitrogens with zero attached hydrogens (tertiary/aromatic N) is 5. The first-order valence-electron chi connectivity index (χ1n) is 8.27. The minimum atomic E-state index is -0.223. The van der Waals surface area contributed by atoms with Crippen molar-refractivity contribution < 1.29 is 4.79 Å². The van der Waals surface area contributed by atoms with E-state index in [4.69, 9.17) is 0 Å². The number of carbonyl (C=O) groups is 1. The Kier molecular flexibility index (Phi) is 4.69. The van der Waals surface area contributed by atoms with Crippen molar-refractivity contribution in [1.29, 1.82) is 0 Å². The molecule has 0 aromatic carbocycles. The van der Waals surface area contributed by atoms with Gasteiger partial charge in [0.15, 0.2) is 11.5 Å². The third-order valence-corrected chi connectivity index (χ3v) is 4.34. The molecule has 25 heavy (non-hydrogen) atoms. The van der Waals surface area contributed by atoms with E-state index in [9.17, 15) is 4.79 Å². The summed E-state index contributed by atoms with van der Waals surface area (Å²) in [5, 5.41) is 18.4. The smallest absolute Gasteiger partial charge is 0.315 e. The summed E-state index contributed by atoms with van der Waals surface area (Å²) < 4.78 is 3.72. The van der Waals surface area contributed by atoms with Crippen LogP contribution in [-0.2, 0) is 20.0 Å². The lowest BCUT2D eigenvalue weighted by Crippen LogP contribution is -2.41. The summed E-state index contributed by atoms with van der Waals surface area (Å²) in [7, 11) is 1.93. The fraction of sp³-hybridized carbons (Fsp3) is 0.412. The fourth-order valence-corrected chi connectivity index (χ4v) is 2.92. The predicted molar refractivity (Wildman–Crippen MR) is 94.2 cm³/mol. The standard InChI is InChI=1S/C17H23N7O/c1-11(9-14-12(2)22-23(4)13(14)3)19-17(25)18-10-16-21-20-15-7-5-6-8-24(15)16/h5-8,11H,9-10H2,1-4H3,(H2,18,19,25)/t11-/m0/s1. The van der Waals surface area contributed by atoms with E-state index in [0.717, 1.165) is 23.5 Å². The topological polar surface area (TPSA) is 89.1 Å². The lowest BCUT2D eigenvalue weighted by Gasteiger charge is -2.15. The molecular formula is C17H23N7O. The van der Waals surface area contributed by atoms with Gasteiger partial charge in [0.05, 0.1) is 12.2 Å². The van der Waals surface area contributed by atoms with E-state index in [1.54, 1.807) is 0 Å². The van der Waals surface area contributed by atoms with Crippen molar-refractivity contribution >= 4 is 11.7 Å². The van der Waals surface area contributed by atoms with Crippen LogP contribution in [0, 0.1) is 13.8 Å². The molecule has 3 aromatic rings. The summed E-state index contributed by atoms with van der Waals surface area (Å²) in [4.78, 5) is 12.1. The van der Waals surface area contributed by atoms with Gasteiger partial charge in [0.1, 0.15) is 0 Å². The predicted octanol–water partition coefficient (Wildman–Crippen LogP) is 1.51. The highest BCUT2D eigenvalue weighted by Gasteiger charge is 2.15. The third kappa shape index (κ3) is 3.62. The van der Waals surface area contributed by atoms with Gasteiger partial charge in [0.25, 0.3) is 0 Å². The lowest BCUT2D eigenvalue weighted by atomic mass is 10.1. The van der Waals surface area contributed by atoms with Crippen LogP contribution in [0.3, 0.4) is 0 Å². The van der Waals surface area contributed by atoms with Gasteiger partial charge >= 0.3 is 6.03 Å². The van der Waals surface area contributed by atoms with Crippen LogP contribution in [0.1, 0.15) is 29.7 Å². The second-order valence-corrected chi connectivity index (χ2v) is 6.25. The van der Waals surface area contributed by atoms with Crippen molar-refractivity contribution in [2.45, 2.75) is 39.8 Å². The largest absolute Gasteiger partial charge is 0.335 e. The zero-order valence-corrected chi connectivity index (χ0v) is 14.9. The van der Waals surface area contributed by atoms with Crippen LogP contribution in [0.25, 0.3) is 5.65 Å². The molecule has 3 heterocycles. The van der Waals surface area contributed by atoms with Gasteiger partial charge in [-0.15, -0.1) is 10.2 Å². The first-order chi connectivity index (χ1) is 12.0. The molecular weight excluding hydrogens is 318 g/mol. The molecule has 3 aromatic heterocycles. The molecule has 2 amide bonds. The van der Waals surface area contributed by atoms with Crippen LogP contribution in [0.4, 0.5) is 4.79 Å². The van der Waals surface area contributed by atoms with Crippen LogP contribution in [0.15, 0.2) is 24.4 Å². The number of urea groups is 1. The SMILES string of the molecule is Cc1nn(C)c(C)c1C[C@H](C)NC(=O)NCc1nnc2ccccn12. The molecule has 0 fully saturated rings. The number of nitrogens with one attached hydrogen (secondary N) is 2. The molecule has 8 heteroatoms. The lowest BCUT2D eigenvalue weighted by molar-refractivity contribution is 0.237. The van der Waals surface area contributed by atoms with Gasteiger partial charge in [0, 0.05) is 25.0 Å². The third-order valence-electron chi connectivity index (χ3n) is 4.34. The van der Waals surface area contributed by atoms with Gasteiger partial charge in [-0.25, -0.2) is 4.79 Å². The summed E-state index contributed by atoms with van der Waals surface area (Å²) in [6.07, 6.45) is 2.62. The number of hydrogen-bond donors (Lipinski definition) is 2. The van der Waals surface area contributed by atoms with E-state index in [1.165, 1.54) is 5.56 Å². The van der Waals surface area contributed by atoms with Gasteiger partial charge < -0.3 is 10.6 Å². The Morgan fingerprint density at radius 2 is 2.08 bits per heavy atom. The Balaban J connectivity index is 1.55. The summed E-state index contributed by atoms with van der Waals surface area (Å²) in [5.41, 5.74) is 4.07. The highest BCUT2D eigenvalue weighted by molar-refractivity contribution is 5.74. The number of hydrogen-bond acceptors (Lipinski definition) is 4. The number of fused-ring (bicyclic) bond motifs is 1. The first-order valence-corrected chi connectivity index (χ1v) is 8.27. The molecule has 0 unspecified atom stereocenters. The van der Waals surface area contributed by atoms with E-state index < -0.39 is 0 Å². The number of aryl methyl sites for hydroxylation is 2. The van der Waals surface area contributed by atoms with Gasteiger partial charge in [-0.1, -0.05) is 6.07 Å². The number of aromatic nitrogens is 5. The molecule has 8 nitrogen and oxygen atoms in total. The molecule has 1 atom stereocenters. The number of rotatable bonds is 5. The number of carbonyl (C=O) groups excluding carboxylic acids is 1. The molecule has 0 aliphatic carbocycles. The molecule has 0 radical (unpaired) electrons. The average molecular weight is 341 g/mol. The van der Waals surface area contributed by atoms with E-state index >= 15 is 0 Å². The molecule has 0 saturated carbocycles. The summed E-state index contributed by atoms with van der Waals surface area (Å²) in [6.45, 7) is 6.33. The maximum atomic E-state index is 12.1. The van der Waals surface area contributed by atoms with Gasteiger partial charge in [-0.3, -0.25) is 9.08 Å². The summed E-state index contributed by atoms with van der Waals surface area (Å²) in [5.74, 6) is 0.692. The zero-order chi connectivity index (χ0) is 18.0. The second-order valence-electron chi connectivity index (χ2n) is 6.25. The molecule has 0 saturated heterocycles. The number of amides is 2. The van der Waals surface area contributed by atoms with Crippen LogP contribution < -0.4 is 10.6 Å². The molecule has 3 rings (SSSR count). The van der Waals surface area contributed by atoms with E-state index in [0.29, 0.717) is 12.4 Å². The van der Waals surface area contributed by atoms with Crippen LogP contribution in [0.5, 0.6) is 0 Å². The molecule has 2 N–H and O–H groups in total. The molecule has 0 bridgehead atoms. The van der Waals surface area contributed by atoms with Crippen molar-refractivity contribution in [3.8, 4) is 0 Å². The maximum Gasteiger partial charge on any atom is 0.315 e. The van der Waals surface area contributed by atoms with Crippen LogP contribution in [-0.4, -0.2) is 36.5 Å². The van der Waals surface area contributed by atoms with Gasteiger partial charge in [-0.05, 0) is 44.9 Å². The molecule has 0 spiro atoms. The van der Waals surface area contributed by atoms with E-state index in [-0.39, 0.29) is 12.1 Å². The molecule has 0 aliphatic rings. The number of pyridine rings is 1. The maximum absolute atomic E-state index is 12.1. The minimum Gasteiger partial charge on any atom is -0.335 e. The Morgan fingerprint density at radius 3 is 2.80 bits per heavy atom. The van der Waals surface area contributed by atoms with Gasteiger partial charge in [-0.2, -0.15) is 5.10 Å². The fourth-order valence-electron chi connectivity index (χ4n) is 2.92. The average Bonchev–Trinajstić information content (AvgIpc) is 3.09.